The van der Waals surface area contributed by atoms with Gasteiger partial charge in [0, 0.05) is 52.0 Å². The van der Waals surface area contributed by atoms with Gasteiger partial charge in [-0.2, -0.15) is 0 Å². The van der Waals surface area contributed by atoms with E-state index in [1.54, 1.807) is 32.3 Å². The molecular formula is C32H44N6O3S. The Labute approximate surface area is 254 Å². The molecule has 0 bridgehead atoms. The number of amides is 3. The molecule has 0 unspecified atom stereocenters. The number of nitrogens with zero attached hydrogens (tertiary/aromatic N) is 5. The minimum absolute atomic E-state index is 0. The number of rotatable bonds is 12. The average molecular weight is 593 g/mol. The number of hydrogen-bond acceptors (Lipinski definition) is 7. The molecule has 0 saturated carbocycles. The van der Waals surface area contributed by atoms with Crippen molar-refractivity contribution in [3.63, 3.8) is 0 Å². The van der Waals surface area contributed by atoms with Gasteiger partial charge in [0.2, 0.25) is 5.91 Å². The number of carbonyl (C=O) groups is 3. The van der Waals surface area contributed by atoms with Gasteiger partial charge in [0.1, 0.15) is 9.88 Å². The van der Waals surface area contributed by atoms with Crippen molar-refractivity contribution < 1.29 is 14.4 Å². The predicted octanol–water partition coefficient (Wildman–Crippen LogP) is 4.96. The molecule has 42 heavy (non-hydrogen) atoms. The van der Waals surface area contributed by atoms with Crippen molar-refractivity contribution in [1.82, 2.24) is 25.2 Å². The molecule has 0 saturated heterocycles. The summed E-state index contributed by atoms with van der Waals surface area (Å²) in [5, 5.41) is 7.46. The van der Waals surface area contributed by atoms with Gasteiger partial charge in [-0.1, -0.05) is 51.5 Å². The van der Waals surface area contributed by atoms with E-state index in [0.717, 1.165) is 41.1 Å². The molecule has 0 spiro atoms. The lowest BCUT2D eigenvalue weighted by atomic mass is 10.1. The van der Waals surface area contributed by atoms with Crippen molar-refractivity contribution in [1.29, 1.82) is 0 Å². The summed E-state index contributed by atoms with van der Waals surface area (Å²) in [5.41, 5.74) is 5.06. The first kappa shape index (κ1) is 32.8. The van der Waals surface area contributed by atoms with Gasteiger partial charge in [-0.05, 0) is 48.2 Å². The standard InChI is InChI=1S/C31H40N6O3S.CH4/c1-6-7-10-15-32-28(38)20-36(21-29(39)35(5)37-18-24-11-8-9-12-25(24)19-37)26-14-13-23(16-22(26)2)30-33-17-27(41-30)31(40)34(3)4;/h8-9,11-14,16-17H,6-7,10,15,18-21H2,1-5H3,(H,32,38);1H4. The Balaban J connectivity index is 0.00000484. The highest BCUT2D eigenvalue weighted by atomic mass is 32.1. The maximum Gasteiger partial charge on any atom is 0.265 e. The zero-order valence-electron chi connectivity index (χ0n) is 24.6. The molecule has 2 heterocycles. The SMILES string of the molecule is C.CCCCCNC(=O)CN(CC(=O)N(C)N1Cc2ccccc2C1)c1ccc(-c2ncc(C(=O)N(C)C)s2)cc1C. The number of fused-ring (bicyclic) bond motifs is 1. The molecular weight excluding hydrogens is 548 g/mol. The summed E-state index contributed by atoms with van der Waals surface area (Å²) in [7, 11) is 5.23. The van der Waals surface area contributed by atoms with Gasteiger partial charge in [0.05, 0.1) is 19.3 Å². The molecule has 4 rings (SSSR count). The Morgan fingerprint density at radius 3 is 2.31 bits per heavy atom. The smallest absolute Gasteiger partial charge is 0.265 e. The van der Waals surface area contributed by atoms with Crippen molar-refractivity contribution in [2.24, 2.45) is 0 Å². The molecule has 226 valence electrons. The van der Waals surface area contributed by atoms with Crippen LogP contribution in [0.15, 0.2) is 48.7 Å². The lowest BCUT2D eigenvalue weighted by Crippen LogP contribution is -2.48. The van der Waals surface area contributed by atoms with Crippen LogP contribution in [-0.4, -0.2) is 78.4 Å². The third-order valence-electron chi connectivity index (χ3n) is 7.28. The van der Waals surface area contributed by atoms with Crippen LogP contribution in [0.25, 0.3) is 10.6 Å². The van der Waals surface area contributed by atoms with Gasteiger partial charge in [-0.15, -0.1) is 11.3 Å². The zero-order valence-corrected chi connectivity index (χ0v) is 25.5. The maximum absolute atomic E-state index is 13.5. The highest BCUT2D eigenvalue weighted by molar-refractivity contribution is 7.16. The number of aryl methyl sites for hydroxylation is 1. The fraction of sp³-hybridized carbons (Fsp3) is 0.438. The molecule has 1 aromatic heterocycles. The van der Waals surface area contributed by atoms with E-state index in [1.165, 1.54) is 27.4 Å². The monoisotopic (exact) mass is 592 g/mol. The van der Waals surface area contributed by atoms with Gasteiger partial charge in [0.25, 0.3) is 11.8 Å². The van der Waals surface area contributed by atoms with E-state index < -0.39 is 0 Å². The molecule has 1 aliphatic heterocycles. The number of nitrogens with one attached hydrogen (secondary N) is 1. The summed E-state index contributed by atoms with van der Waals surface area (Å²) in [5.74, 6) is -0.283. The number of unbranched alkanes of at least 4 members (excludes halogenated alkanes) is 2. The van der Waals surface area contributed by atoms with Crippen LogP contribution < -0.4 is 10.2 Å². The lowest BCUT2D eigenvalue weighted by Gasteiger charge is -2.32. The van der Waals surface area contributed by atoms with Crippen molar-refractivity contribution >= 4 is 34.7 Å². The number of anilines is 1. The van der Waals surface area contributed by atoms with Gasteiger partial charge >= 0.3 is 0 Å². The Morgan fingerprint density at radius 2 is 1.69 bits per heavy atom. The van der Waals surface area contributed by atoms with Crippen LogP contribution in [0.2, 0.25) is 0 Å². The van der Waals surface area contributed by atoms with Crippen LogP contribution in [-0.2, 0) is 22.7 Å². The topological polar surface area (TPSA) is 89.1 Å². The molecule has 0 radical (unpaired) electrons. The fourth-order valence-electron chi connectivity index (χ4n) is 4.88. The third kappa shape index (κ3) is 7.95. The van der Waals surface area contributed by atoms with Crippen LogP contribution in [0.4, 0.5) is 5.69 Å². The van der Waals surface area contributed by atoms with Crippen LogP contribution >= 0.6 is 11.3 Å². The van der Waals surface area contributed by atoms with E-state index in [1.807, 2.05) is 47.2 Å². The van der Waals surface area contributed by atoms with E-state index in [9.17, 15) is 14.4 Å². The van der Waals surface area contributed by atoms with Gasteiger partial charge in [0.15, 0.2) is 0 Å². The van der Waals surface area contributed by atoms with E-state index >= 15 is 0 Å². The highest BCUT2D eigenvalue weighted by Gasteiger charge is 2.27. The van der Waals surface area contributed by atoms with Crippen LogP contribution in [0.1, 0.15) is 60.0 Å². The first-order valence-electron chi connectivity index (χ1n) is 14.1. The number of aromatic nitrogens is 1. The van der Waals surface area contributed by atoms with Crippen molar-refractivity contribution in [2.45, 2.75) is 53.6 Å². The maximum atomic E-state index is 13.5. The van der Waals surface area contributed by atoms with Crippen LogP contribution in [0.3, 0.4) is 0 Å². The van der Waals surface area contributed by atoms with Crippen molar-refractivity contribution in [3.8, 4) is 10.6 Å². The first-order chi connectivity index (χ1) is 19.7. The fourth-order valence-corrected chi connectivity index (χ4v) is 5.81. The van der Waals surface area contributed by atoms with Gasteiger partial charge < -0.3 is 15.1 Å². The second kappa shape index (κ2) is 14.9. The van der Waals surface area contributed by atoms with E-state index in [4.69, 9.17) is 0 Å². The van der Waals surface area contributed by atoms with E-state index in [-0.39, 0.29) is 38.2 Å². The Morgan fingerprint density at radius 1 is 1.00 bits per heavy atom. The van der Waals surface area contributed by atoms with E-state index in [0.29, 0.717) is 24.5 Å². The summed E-state index contributed by atoms with van der Waals surface area (Å²) in [6.45, 7) is 6.21. The summed E-state index contributed by atoms with van der Waals surface area (Å²) in [4.78, 5) is 47.2. The number of carbonyl (C=O) groups excluding carboxylic acids is 3. The first-order valence-corrected chi connectivity index (χ1v) is 14.9. The normalized spacial score (nSPS) is 12.3. The molecule has 10 heteroatoms. The van der Waals surface area contributed by atoms with Gasteiger partial charge in [-0.25, -0.2) is 9.99 Å². The molecule has 1 N–H and O–H groups in total. The van der Waals surface area contributed by atoms with Crippen molar-refractivity contribution in [3.05, 3.63) is 70.2 Å². The second-order valence-corrected chi connectivity index (χ2v) is 11.7. The second-order valence-electron chi connectivity index (χ2n) is 10.7. The molecule has 0 atom stereocenters. The Bertz CT molecular complexity index is 1360. The molecule has 0 fully saturated rings. The summed E-state index contributed by atoms with van der Waals surface area (Å²) < 4.78 is 0. The highest BCUT2D eigenvalue weighted by Crippen LogP contribution is 2.31. The van der Waals surface area contributed by atoms with Crippen LogP contribution in [0, 0.1) is 6.92 Å². The molecule has 9 nitrogen and oxygen atoms in total. The Kier molecular flexibility index (Phi) is 11.6. The van der Waals surface area contributed by atoms with Crippen molar-refractivity contribution in [2.75, 3.05) is 45.7 Å². The molecule has 3 aromatic rings. The summed E-state index contributed by atoms with van der Waals surface area (Å²) >= 11 is 1.35. The quantitative estimate of drug-likeness (QED) is 0.299. The number of thiazole rings is 1. The minimum Gasteiger partial charge on any atom is -0.355 e. The molecule has 0 aliphatic carbocycles. The summed E-state index contributed by atoms with van der Waals surface area (Å²) in [6, 6.07) is 14.1. The number of likely N-dealkylation sites (N-methyl/N-ethyl adjacent to an activating group) is 1. The average Bonchev–Trinajstić information content (AvgIpc) is 3.62. The number of hydrazine groups is 1. The largest absolute Gasteiger partial charge is 0.355 e. The third-order valence-corrected chi connectivity index (χ3v) is 8.31. The lowest BCUT2D eigenvalue weighted by molar-refractivity contribution is -0.145. The molecule has 2 aromatic carbocycles. The van der Waals surface area contributed by atoms with Crippen LogP contribution in [0.5, 0.6) is 0 Å². The number of benzene rings is 2. The molecule has 1 aliphatic rings. The number of hydrogen-bond donors (Lipinski definition) is 1. The van der Waals surface area contributed by atoms with Gasteiger partial charge in [-0.3, -0.25) is 19.4 Å². The summed E-state index contributed by atoms with van der Waals surface area (Å²) in [6.07, 6.45) is 4.68. The Hall–Kier alpha value is -3.76. The van der Waals surface area contributed by atoms with E-state index in [2.05, 4.69) is 29.4 Å². The molecule has 3 amide bonds. The minimum atomic E-state index is -0.111. The zero-order chi connectivity index (χ0) is 29.5. The predicted molar refractivity (Wildman–Crippen MR) is 170 cm³/mol.